The number of methoxy groups -OCH3 is 1. The topological polar surface area (TPSA) is 122 Å². The standard InChI is InChI=1S/C15H23NO8S.Na/c1-3-21-13-10(16-25-24-23-19)12(18)14(22-15(13)20-2)11(17)9-7-5-4-6-8-9;/h4-8,10-19H,3H2,1-2H3;/q;+1/p-1/t10?,11-,12?,13?,14?,15?;/m0./s1. The molecule has 0 spiro atoms. The van der Waals surface area contributed by atoms with E-state index in [2.05, 4.69) is 14.1 Å². The first-order chi connectivity index (χ1) is 12.1. The third-order valence-corrected chi connectivity index (χ3v) is 4.40. The van der Waals surface area contributed by atoms with Crippen LogP contribution < -0.4 is 39.5 Å². The van der Waals surface area contributed by atoms with Crippen molar-refractivity contribution in [2.45, 2.75) is 43.7 Å². The van der Waals surface area contributed by atoms with E-state index < -0.39 is 36.7 Å². The van der Waals surface area contributed by atoms with E-state index >= 15 is 0 Å². The van der Waals surface area contributed by atoms with Gasteiger partial charge in [-0.25, -0.2) is 4.72 Å². The Morgan fingerprint density at radius 1 is 1.35 bits per heavy atom. The van der Waals surface area contributed by atoms with Crippen molar-refractivity contribution in [1.82, 2.24) is 4.72 Å². The van der Waals surface area contributed by atoms with Crippen LogP contribution in [-0.2, 0) is 23.6 Å². The molecule has 1 fully saturated rings. The third kappa shape index (κ3) is 6.11. The summed E-state index contributed by atoms with van der Waals surface area (Å²) >= 11 is 0.498. The number of aliphatic hydroxyl groups is 2. The van der Waals surface area contributed by atoms with Crippen LogP contribution in [0.3, 0.4) is 0 Å². The number of hydrogen-bond donors (Lipinski definition) is 3. The van der Waals surface area contributed by atoms with Crippen molar-refractivity contribution in [1.29, 1.82) is 0 Å². The van der Waals surface area contributed by atoms with Crippen molar-refractivity contribution in [3.05, 3.63) is 35.9 Å². The Hall–Kier alpha value is 0.210. The van der Waals surface area contributed by atoms with E-state index in [-0.39, 0.29) is 29.6 Å². The maximum atomic E-state index is 10.7. The summed E-state index contributed by atoms with van der Waals surface area (Å²) < 4.78 is 23.6. The predicted molar refractivity (Wildman–Crippen MR) is 85.2 cm³/mol. The number of benzene rings is 1. The Kier molecular flexibility index (Phi) is 11.8. The SMILES string of the molecule is CCOC1C(OC)OC([C@@H](O)c2ccccc2)C(O)C1NSOO[O-].[Na+]. The van der Waals surface area contributed by atoms with Crippen molar-refractivity contribution in [2.24, 2.45) is 0 Å². The Morgan fingerprint density at radius 2 is 2.04 bits per heavy atom. The van der Waals surface area contributed by atoms with Gasteiger partial charge in [0, 0.05) is 13.7 Å². The average molecular weight is 399 g/mol. The summed E-state index contributed by atoms with van der Waals surface area (Å²) in [5, 5.41) is 34.6. The minimum atomic E-state index is -1.18. The first-order valence-corrected chi connectivity index (χ1v) is 8.46. The fourth-order valence-corrected chi connectivity index (χ4v) is 3.22. The molecule has 0 aliphatic carbocycles. The van der Waals surface area contributed by atoms with Crippen molar-refractivity contribution in [3.63, 3.8) is 0 Å². The van der Waals surface area contributed by atoms with Gasteiger partial charge in [-0.15, -0.1) is 0 Å². The normalized spacial score (nSPS) is 29.8. The Morgan fingerprint density at radius 3 is 2.62 bits per heavy atom. The van der Waals surface area contributed by atoms with Crippen molar-refractivity contribution in [2.75, 3.05) is 13.7 Å². The summed E-state index contributed by atoms with van der Waals surface area (Å²) in [4.78, 5) is 0. The molecule has 0 amide bonds. The summed E-state index contributed by atoms with van der Waals surface area (Å²) in [5.41, 5.74) is 0.585. The molecule has 1 aliphatic rings. The molecule has 142 valence electrons. The average Bonchev–Trinajstić information content (AvgIpc) is 2.64. The molecule has 1 aliphatic heterocycles. The van der Waals surface area contributed by atoms with Crippen LogP contribution in [0.25, 0.3) is 0 Å². The van der Waals surface area contributed by atoms with Crippen LogP contribution in [0.2, 0.25) is 0 Å². The Labute approximate surface area is 178 Å². The maximum absolute atomic E-state index is 10.7. The number of aliphatic hydroxyl groups excluding tert-OH is 2. The molecule has 1 saturated heterocycles. The monoisotopic (exact) mass is 399 g/mol. The fraction of sp³-hybridized carbons (Fsp3) is 0.600. The number of nitrogens with one attached hydrogen (secondary N) is 1. The molecule has 6 atom stereocenters. The summed E-state index contributed by atoms with van der Waals surface area (Å²) in [6, 6.07) is 8.05. The van der Waals surface area contributed by atoms with Gasteiger partial charge in [0.05, 0.1) is 6.04 Å². The first-order valence-electron chi connectivity index (χ1n) is 7.72. The minimum absolute atomic E-state index is 0. The van der Waals surface area contributed by atoms with Crippen LogP contribution in [0, 0.1) is 0 Å². The van der Waals surface area contributed by atoms with Crippen LogP contribution in [0.4, 0.5) is 0 Å². The molecular weight excluding hydrogens is 377 g/mol. The minimum Gasteiger partial charge on any atom is -0.691 e. The van der Waals surface area contributed by atoms with Gasteiger partial charge in [0.25, 0.3) is 0 Å². The third-order valence-electron chi connectivity index (χ3n) is 3.91. The van der Waals surface area contributed by atoms with E-state index in [1.54, 1.807) is 31.2 Å². The fourth-order valence-electron chi connectivity index (χ4n) is 2.77. The summed E-state index contributed by atoms with van der Waals surface area (Å²) in [6.07, 6.45) is -4.82. The molecule has 3 N–H and O–H groups in total. The van der Waals surface area contributed by atoms with Gasteiger partial charge < -0.3 is 29.7 Å². The van der Waals surface area contributed by atoms with E-state index in [1.165, 1.54) is 7.11 Å². The smallest absolute Gasteiger partial charge is 0.691 e. The molecule has 2 rings (SSSR count). The van der Waals surface area contributed by atoms with E-state index in [0.29, 0.717) is 24.4 Å². The predicted octanol–water partition coefficient (Wildman–Crippen LogP) is -3.39. The maximum Gasteiger partial charge on any atom is 1.00 e. The van der Waals surface area contributed by atoms with Gasteiger partial charge in [-0.1, -0.05) is 30.3 Å². The molecular formula is C15H22NNaO8S. The Bertz CT molecular complexity index is 502. The molecule has 0 saturated carbocycles. The number of ether oxygens (including phenoxy) is 3. The second-order valence-electron chi connectivity index (χ2n) is 5.33. The van der Waals surface area contributed by atoms with Crippen LogP contribution in [0.5, 0.6) is 0 Å². The van der Waals surface area contributed by atoms with E-state index in [1.807, 2.05) is 6.07 Å². The molecule has 9 nitrogen and oxygen atoms in total. The zero-order valence-corrected chi connectivity index (χ0v) is 17.6. The van der Waals surface area contributed by atoms with Crippen LogP contribution >= 0.6 is 12.2 Å². The van der Waals surface area contributed by atoms with Gasteiger partial charge >= 0.3 is 29.6 Å². The van der Waals surface area contributed by atoms with Crippen molar-refractivity contribution < 1.29 is 68.6 Å². The molecule has 1 heterocycles. The molecule has 11 heteroatoms. The Balaban J connectivity index is 0.00000338. The van der Waals surface area contributed by atoms with Gasteiger partial charge in [0.15, 0.2) is 6.29 Å². The van der Waals surface area contributed by atoms with E-state index in [0.717, 1.165) is 0 Å². The molecule has 1 aromatic rings. The second-order valence-corrected chi connectivity index (χ2v) is 5.87. The van der Waals surface area contributed by atoms with Crippen LogP contribution in [0.15, 0.2) is 30.3 Å². The van der Waals surface area contributed by atoms with E-state index in [9.17, 15) is 15.5 Å². The van der Waals surface area contributed by atoms with Gasteiger partial charge in [0.2, 0.25) is 0 Å². The second kappa shape index (κ2) is 12.6. The van der Waals surface area contributed by atoms with Crippen molar-refractivity contribution >= 4 is 12.2 Å². The molecule has 1 aromatic carbocycles. The molecule has 5 unspecified atom stereocenters. The quantitative estimate of drug-likeness (QED) is 0.0968. The molecule has 0 aromatic heterocycles. The van der Waals surface area contributed by atoms with Gasteiger partial charge in [-0.2, -0.15) is 4.33 Å². The van der Waals surface area contributed by atoms with Crippen LogP contribution in [0.1, 0.15) is 18.6 Å². The first kappa shape index (κ1) is 24.2. The molecule has 26 heavy (non-hydrogen) atoms. The van der Waals surface area contributed by atoms with Crippen LogP contribution in [-0.4, -0.2) is 54.6 Å². The number of hydrogen-bond acceptors (Lipinski definition) is 10. The zero-order chi connectivity index (χ0) is 18.2. The summed E-state index contributed by atoms with van der Waals surface area (Å²) in [6.45, 7) is 2.12. The summed E-state index contributed by atoms with van der Waals surface area (Å²) in [5.74, 6) is 0. The molecule has 0 radical (unpaired) electrons. The van der Waals surface area contributed by atoms with Crippen molar-refractivity contribution in [3.8, 4) is 0 Å². The van der Waals surface area contributed by atoms with Gasteiger partial charge in [0.1, 0.15) is 36.6 Å². The summed E-state index contributed by atoms with van der Waals surface area (Å²) in [7, 11) is 1.43. The largest absolute Gasteiger partial charge is 1.00 e. The number of rotatable bonds is 9. The molecule has 0 bridgehead atoms. The zero-order valence-electron chi connectivity index (χ0n) is 14.8. The van der Waals surface area contributed by atoms with E-state index in [4.69, 9.17) is 14.2 Å². The van der Waals surface area contributed by atoms with Gasteiger partial charge in [-0.05, 0) is 12.5 Å². The van der Waals surface area contributed by atoms with Gasteiger partial charge in [-0.3, -0.25) is 5.04 Å².